The molecule has 0 spiro atoms. The van der Waals surface area contributed by atoms with Crippen LogP contribution in [0.1, 0.15) is 11.1 Å². The third kappa shape index (κ3) is 5.33. The molecular formula is C17H14F5NO3. The Labute approximate surface area is 145 Å². The topological polar surface area (TPSA) is 47.6 Å². The number of anilines is 1. The summed E-state index contributed by atoms with van der Waals surface area (Å²) in [5, 5.41) is 2.46. The number of carbonyl (C=O) groups excluding carboxylic acids is 1. The number of rotatable bonds is 6. The fourth-order valence-corrected chi connectivity index (χ4v) is 2.05. The zero-order chi connectivity index (χ0) is 19.3. The van der Waals surface area contributed by atoms with E-state index in [9.17, 15) is 26.7 Å². The summed E-state index contributed by atoms with van der Waals surface area (Å²) in [6, 6.07) is 8.11. The molecule has 1 N–H and O–H groups in total. The van der Waals surface area contributed by atoms with Gasteiger partial charge in [-0.15, -0.1) is 0 Å². The van der Waals surface area contributed by atoms with Gasteiger partial charge in [0.15, 0.2) is 6.61 Å². The summed E-state index contributed by atoms with van der Waals surface area (Å²) in [5.74, 6) is -0.608. The highest BCUT2D eigenvalue weighted by Gasteiger charge is 2.30. The van der Waals surface area contributed by atoms with Crippen molar-refractivity contribution in [2.45, 2.75) is 19.7 Å². The van der Waals surface area contributed by atoms with Gasteiger partial charge >= 0.3 is 12.8 Å². The lowest BCUT2D eigenvalue weighted by Gasteiger charge is -2.13. The van der Waals surface area contributed by atoms with Gasteiger partial charge in [0.05, 0.1) is 5.56 Å². The molecule has 0 saturated carbocycles. The van der Waals surface area contributed by atoms with Crippen LogP contribution < -0.4 is 14.8 Å². The van der Waals surface area contributed by atoms with Gasteiger partial charge < -0.3 is 14.8 Å². The van der Waals surface area contributed by atoms with Crippen molar-refractivity contribution < 1.29 is 36.2 Å². The molecule has 0 unspecified atom stereocenters. The molecule has 0 heterocycles. The van der Waals surface area contributed by atoms with Crippen LogP contribution in [-0.2, 0) is 11.0 Å². The first-order valence-corrected chi connectivity index (χ1v) is 7.31. The van der Waals surface area contributed by atoms with Gasteiger partial charge in [-0.2, -0.15) is 22.0 Å². The van der Waals surface area contributed by atoms with Crippen LogP contribution in [0.4, 0.5) is 27.6 Å². The molecule has 0 fully saturated rings. The van der Waals surface area contributed by atoms with Crippen LogP contribution in [0.3, 0.4) is 0 Å². The van der Waals surface area contributed by atoms with Crippen LogP contribution in [0.15, 0.2) is 42.5 Å². The average molecular weight is 375 g/mol. The monoisotopic (exact) mass is 375 g/mol. The van der Waals surface area contributed by atoms with E-state index in [1.165, 1.54) is 25.1 Å². The number of halogens is 5. The first kappa shape index (κ1) is 19.5. The van der Waals surface area contributed by atoms with Crippen LogP contribution >= 0.6 is 0 Å². The van der Waals surface area contributed by atoms with E-state index in [0.717, 1.165) is 24.3 Å². The number of amides is 1. The van der Waals surface area contributed by atoms with Gasteiger partial charge in [0, 0.05) is 11.3 Å². The maximum atomic E-state index is 12.5. The molecule has 2 aromatic rings. The van der Waals surface area contributed by atoms with E-state index >= 15 is 0 Å². The molecule has 0 bridgehead atoms. The number of benzene rings is 2. The maximum absolute atomic E-state index is 12.5. The Balaban J connectivity index is 1.95. The molecular weight excluding hydrogens is 361 g/mol. The molecule has 0 aliphatic heterocycles. The van der Waals surface area contributed by atoms with Crippen molar-refractivity contribution >= 4 is 11.6 Å². The minimum atomic E-state index is -4.46. The summed E-state index contributed by atoms with van der Waals surface area (Å²) in [5.41, 5.74) is -0.277. The average Bonchev–Trinajstić information content (AvgIpc) is 2.56. The Hall–Kier alpha value is -2.84. The standard InChI is InChI=1S/C17H14F5NO3/c1-10-13(3-2-4-14(10)26-16(18)19)23-15(24)9-25-12-7-5-11(6-8-12)17(20,21)22/h2-8,16H,9H2,1H3,(H,23,24). The van der Waals surface area contributed by atoms with E-state index in [0.29, 0.717) is 5.56 Å². The summed E-state index contributed by atoms with van der Waals surface area (Å²) >= 11 is 0. The predicted octanol–water partition coefficient (Wildman–Crippen LogP) is 4.63. The number of hydrogen-bond donors (Lipinski definition) is 1. The van der Waals surface area contributed by atoms with Gasteiger partial charge in [-0.1, -0.05) is 6.07 Å². The minimum absolute atomic E-state index is 0.0820. The quantitative estimate of drug-likeness (QED) is 0.749. The van der Waals surface area contributed by atoms with Crippen molar-refractivity contribution in [1.82, 2.24) is 0 Å². The first-order chi connectivity index (χ1) is 12.2. The van der Waals surface area contributed by atoms with Crippen LogP contribution in [0.2, 0.25) is 0 Å². The molecule has 4 nitrogen and oxygen atoms in total. The van der Waals surface area contributed by atoms with Gasteiger partial charge in [0.25, 0.3) is 5.91 Å². The molecule has 2 aromatic carbocycles. The van der Waals surface area contributed by atoms with Crippen LogP contribution in [0.5, 0.6) is 11.5 Å². The smallest absolute Gasteiger partial charge is 0.416 e. The zero-order valence-corrected chi connectivity index (χ0v) is 13.4. The summed E-state index contributed by atoms with van der Waals surface area (Å²) < 4.78 is 71.4. The van der Waals surface area contributed by atoms with E-state index in [1.54, 1.807) is 0 Å². The molecule has 140 valence electrons. The van der Waals surface area contributed by atoms with E-state index in [-0.39, 0.29) is 17.2 Å². The van der Waals surface area contributed by atoms with E-state index < -0.39 is 30.9 Å². The Morgan fingerprint density at radius 2 is 1.77 bits per heavy atom. The van der Waals surface area contributed by atoms with E-state index in [1.807, 2.05) is 0 Å². The van der Waals surface area contributed by atoms with Crippen molar-refractivity contribution in [2.24, 2.45) is 0 Å². The molecule has 0 saturated heterocycles. The van der Waals surface area contributed by atoms with Crippen molar-refractivity contribution in [2.75, 3.05) is 11.9 Å². The molecule has 1 amide bonds. The van der Waals surface area contributed by atoms with Crippen LogP contribution in [-0.4, -0.2) is 19.1 Å². The molecule has 0 aliphatic rings. The fourth-order valence-electron chi connectivity index (χ4n) is 2.05. The highest BCUT2D eigenvalue weighted by atomic mass is 19.4. The van der Waals surface area contributed by atoms with Crippen LogP contribution in [0, 0.1) is 6.92 Å². The van der Waals surface area contributed by atoms with E-state index in [2.05, 4.69) is 10.1 Å². The molecule has 0 aromatic heterocycles. The Morgan fingerprint density at radius 1 is 1.12 bits per heavy atom. The molecule has 2 rings (SSSR count). The summed E-state index contributed by atoms with van der Waals surface area (Å²) in [4.78, 5) is 11.9. The van der Waals surface area contributed by atoms with Crippen LogP contribution in [0.25, 0.3) is 0 Å². The molecule has 0 atom stereocenters. The zero-order valence-electron chi connectivity index (χ0n) is 13.4. The molecule has 26 heavy (non-hydrogen) atoms. The second kappa shape index (κ2) is 8.03. The Bertz CT molecular complexity index is 760. The fraction of sp³-hybridized carbons (Fsp3) is 0.235. The highest BCUT2D eigenvalue weighted by Crippen LogP contribution is 2.30. The van der Waals surface area contributed by atoms with Gasteiger partial charge in [-0.3, -0.25) is 4.79 Å². The number of alkyl halides is 5. The summed E-state index contributed by atoms with van der Waals surface area (Å²) in [6.07, 6.45) is -4.46. The lowest BCUT2D eigenvalue weighted by molar-refractivity contribution is -0.137. The number of ether oxygens (including phenoxy) is 2. The minimum Gasteiger partial charge on any atom is -0.484 e. The largest absolute Gasteiger partial charge is 0.484 e. The second-order valence-electron chi connectivity index (χ2n) is 5.17. The Kier molecular flexibility index (Phi) is 6.01. The van der Waals surface area contributed by atoms with Gasteiger partial charge in [0.1, 0.15) is 11.5 Å². The number of nitrogens with one attached hydrogen (secondary N) is 1. The SMILES string of the molecule is Cc1c(NC(=O)COc2ccc(C(F)(F)F)cc2)cccc1OC(F)F. The lowest BCUT2D eigenvalue weighted by atomic mass is 10.2. The van der Waals surface area contributed by atoms with Gasteiger partial charge in [0.2, 0.25) is 0 Å². The van der Waals surface area contributed by atoms with Crippen molar-refractivity contribution in [3.8, 4) is 11.5 Å². The van der Waals surface area contributed by atoms with Crippen molar-refractivity contribution in [3.05, 3.63) is 53.6 Å². The third-order valence-electron chi connectivity index (χ3n) is 3.33. The molecule has 9 heteroatoms. The van der Waals surface area contributed by atoms with E-state index in [4.69, 9.17) is 4.74 Å². The van der Waals surface area contributed by atoms with Gasteiger partial charge in [-0.25, -0.2) is 0 Å². The second-order valence-corrected chi connectivity index (χ2v) is 5.17. The number of carbonyl (C=O) groups is 1. The lowest BCUT2D eigenvalue weighted by Crippen LogP contribution is -2.21. The Morgan fingerprint density at radius 3 is 2.35 bits per heavy atom. The molecule has 0 aliphatic carbocycles. The van der Waals surface area contributed by atoms with Crippen molar-refractivity contribution in [3.63, 3.8) is 0 Å². The molecule has 0 radical (unpaired) electrons. The predicted molar refractivity (Wildman–Crippen MR) is 83.4 cm³/mol. The highest BCUT2D eigenvalue weighted by molar-refractivity contribution is 5.93. The van der Waals surface area contributed by atoms with Gasteiger partial charge in [-0.05, 0) is 43.3 Å². The number of hydrogen-bond acceptors (Lipinski definition) is 3. The normalized spacial score (nSPS) is 11.3. The first-order valence-electron chi connectivity index (χ1n) is 7.31. The summed E-state index contributed by atoms with van der Waals surface area (Å²) in [6.45, 7) is -1.97. The third-order valence-corrected chi connectivity index (χ3v) is 3.33. The maximum Gasteiger partial charge on any atom is 0.416 e. The van der Waals surface area contributed by atoms with Crippen molar-refractivity contribution in [1.29, 1.82) is 0 Å². The summed E-state index contributed by atoms with van der Waals surface area (Å²) in [7, 11) is 0.